The normalized spacial score (nSPS) is 14.8. The van der Waals surface area contributed by atoms with Crippen LogP contribution < -0.4 is 10.6 Å². The van der Waals surface area contributed by atoms with Crippen LogP contribution in [0.3, 0.4) is 0 Å². The second kappa shape index (κ2) is 8.21. The van der Waals surface area contributed by atoms with Crippen LogP contribution in [0, 0.1) is 5.41 Å². The van der Waals surface area contributed by atoms with Crippen LogP contribution in [0.5, 0.6) is 0 Å². The lowest BCUT2D eigenvalue weighted by Crippen LogP contribution is -2.53. The predicted molar refractivity (Wildman–Crippen MR) is 101 cm³/mol. The van der Waals surface area contributed by atoms with Gasteiger partial charge in [0.15, 0.2) is 0 Å². The molecule has 0 aliphatic carbocycles. The van der Waals surface area contributed by atoms with E-state index in [1.54, 1.807) is 34.1 Å². The molecule has 0 aromatic heterocycles. The molecular weight excluding hydrogens is 332 g/mol. The van der Waals surface area contributed by atoms with E-state index in [-0.39, 0.29) is 17.8 Å². The Morgan fingerprint density at radius 1 is 1.04 bits per heavy atom. The van der Waals surface area contributed by atoms with Crippen molar-refractivity contribution in [2.75, 3.05) is 38.0 Å². The minimum atomic E-state index is -0.505. The first-order chi connectivity index (χ1) is 12.2. The molecule has 1 heterocycles. The molecule has 4 amide bonds. The van der Waals surface area contributed by atoms with Crippen molar-refractivity contribution in [1.82, 2.24) is 15.1 Å². The first-order valence-corrected chi connectivity index (χ1v) is 8.96. The summed E-state index contributed by atoms with van der Waals surface area (Å²) in [6, 6.07) is 6.88. The molecule has 1 aromatic carbocycles. The van der Waals surface area contributed by atoms with E-state index >= 15 is 0 Å². The zero-order valence-corrected chi connectivity index (χ0v) is 16.0. The van der Waals surface area contributed by atoms with Gasteiger partial charge in [-0.3, -0.25) is 9.59 Å². The van der Waals surface area contributed by atoms with E-state index in [2.05, 4.69) is 10.6 Å². The van der Waals surface area contributed by atoms with Gasteiger partial charge in [-0.1, -0.05) is 26.8 Å². The second-order valence-electron chi connectivity index (χ2n) is 7.40. The van der Waals surface area contributed by atoms with Crippen molar-refractivity contribution in [2.45, 2.75) is 27.7 Å². The van der Waals surface area contributed by atoms with Crippen LogP contribution >= 0.6 is 0 Å². The SMILES string of the molecule is CCNC(=O)N1CCN(C(=O)c2cccc(NC(=O)C(C)(C)C)c2)CC1. The Morgan fingerprint density at radius 3 is 2.23 bits per heavy atom. The molecule has 0 unspecified atom stereocenters. The van der Waals surface area contributed by atoms with Crippen molar-refractivity contribution >= 4 is 23.5 Å². The van der Waals surface area contributed by atoms with Crippen molar-refractivity contribution < 1.29 is 14.4 Å². The number of benzene rings is 1. The minimum Gasteiger partial charge on any atom is -0.338 e. The molecule has 26 heavy (non-hydrogen) atoms. The van der Waals surface area contributed by atoms with E-state index in [9.17, 15) is 14.4 Å². The molecule has 0 saturated carbocycles. The average Bonchev–Trinajstić information content (AvgIpc) is 2.61. The lowest BCUT2D eigenvalue weighted by atomic mass is 9.95. The lowest BCUT2D eigenvalue weighted by molar-refractivity contribution is -0.123. The zero-order valence-electron chi connectivity index (χ0n) is 16.0. The molecule has 2 N–H and O–H groups in total. The van der Waals surface area contributed by atoms with Gasteiger partial charge in [-0.15, -0.1) is 0 Å². The summed E-state index contributed by atoms with van der Waals surface area (Å²) in [6.45, 7) is 10.00. The molecule has 7 heteroatoms. The van der Waals surface area contributed by atoms with E-state index in [0.717, 1.165) is 0 Å². The number of piperazine rings is 1. The third kappa shape index (κ3) is 4.97. The van der Waals surface area contributed by atoms with Crippen LogP contribution in [-0.4, -0.2) is 60.4 Å². The Balaban J connectivity index is 1.99. The number of carbonyl (C=O) groups excluding carboxylic acids is 3. The summed E-state index contributed by atoms with van der Waals surface area (Å²) in [4.78, 5) is 40.1. The largest absolute Gasteiger partial charge is 0.338 e. The second-order valence-corrected chi connectivity index (χ2v) is 7.40. The average molecular weight is 360 g/mol. The van der Waals surface area contributed by atoms with Crippen molar-refractivity contribution in [3.05, 3.63) is 29.8 Å². The van der Waals surface area contributed by atoms with Crippen molar-refractivity contribution in [3.63, 3.8) is 0 Å². The Hall–Kier alpha value is -2.57. The molecule has 142 valence electrons. The van der Waals surface area contributed by atoms with E-state index in [0.29, 0.717) is 44.0 Å². The first-order valence-electron chi connectivity index (χ1n) is 8.96. The van der Waals surface area contributed by atoms with Gasteiger partial charge in [0.25, 0.3) is 5.91 Å². The summed E-state index contributed by atoms with van der Waals surface area (Å²) in [5.74, 6) is -0.190. The number of urea groups is 1. The fourth-order valence-corrected chi connectivity index (χ4v) is 2.61. The highest BCUT2D eigenvalue weighted by Gasteiger charge is 2.25. The van der Waals surface area contributed by atoms with Gasteiger partial charge in [0.1, 0.15) is 0 Å². The topological polar surface area (TPSA) is 81.8 Å². The molecule has 0 atom stereocenters. The molecular formula is C19H28N4O3. The number of hydrogen-bond acceptors (Lipinski definition) is 3. The molecule has 0 spiro atoms. The number of rotatable bonds is 3. The number of carbonyl (C=O) groups is 3. The molecule has 1 saturated heterocycles. The highest BCUT2D eigenvalue weighted by Crippen LogP contribution is 2.19. The Bertz CT molecular complexity index is 674. The summed E-state index contributed by atoms with van der Waals surface area (Å²) >= 11 is 0. The van der Waals surface area contributed by atoms with Crippen molar-refractivity contribution in [2.24, 2.45) is 5.41 Å². The van der Waals surface area contributed by atoms with Gasteiger partial charge in [0.2, 0.25) is 5.91 Å². The predicted octanol–water partition coefficient (Wildman–Crippen LogP) is 2.16. The zero-order chi connectivity index (χ0) is 19.3. The summed E-state index contributed by atoms with van der Waals surface area (Å²) in [5, 5.41) is 5.62. The summed E-state index contributed by atoms with van der Waals surface area (Å²) < 4.78 is 0. The molecule has 1 aliphatic rings. The molecule has 0 bridgehead atoms. The third-order valence-electron chi connectivity index (χ3n) is 4.23. The van der Waals surface area contributed by atoms with Gasteiger partial charge < -0.3 is 20.4 Å². The van der Waals surface area contributed by atoms with Crippen LogP contribution in [0.25, 0.3) is 0 Å². The quantitative estimate of drug-likeness (QED) is 0.867. The fraction of sp³-hybridized carbons (Fsp3) is 0.526. The first kappa shape index (κ1) is 19.8. The molecule has 0 radical (unpaired) electrons. The standard InChI is InChI=1S/C19H28N4O3/c1-5-20-18(26)23-11-9-22(10-12-23)16(24)14-7-6-8-15(13-14)21-17(25)19(2,3)4/h6-8,13H,5,9-12H2,1-4H3,(H,20,26)(H,21,25). The summed E-state index contributed by atoms with van der Waals surface area (Å²) in [6.07, 6.45) is 0. The number of anilines is 1. The summed E-state index contributed by atoms with van der Waals surface area (Å²) in [7, 11) is 0. The van der Waals surface area contributed by atoms with E-state index < -0.39 is 5.41 Å². The van der Waals surface area contributed by atoms with Crippen LogP contribution in [-0.2, 0) is 4.79 Å². The van der Waals surface area contributed by atoms with Gasteiger partial charge in [0.05, 0.1) is 0 Å². The maximum atomic E-state index is 12.7. The maximum absolute atomic E-state index is 12.7. The third-order valence-corrected chi connectivity index (χ3v) is 4.23. The van der Waals surface area contributed by atoms with Crippen LogP contribution in [0.15, 0.2) is 24.3 Å². The number of hydrogen-bond donors (Lipinski definition) is 2. The molecule has 1 fully saturated rings. The van der Waals surface area contributed by atoms with Gasteiger partial charge in [-0.05, 0) is 25.1 Å². The summed E-state index contributed by atoms with van der Waals surface area (Å²) in [5.41, 5.74) is 0.634. The minimum absolute atomic E-state index is 0.0904. The monoisotopic (exact) mass is 360 g/mol. The van der Waals surface area contributed by atoms with Gasteiger partial charge in [-0.2, -0.15) is 0 Å². The van der Waals surface area contributed by atoms with Crippen LogP contribution in [0.4, 0.5) is 10.5 Å². The van der Waals surface area contributed by atoms with Gasteiger partial charge in [-0.25, -0.2) is 4.79 Å². The highest BCUT2D eigenvalue weighted by atomic mass is 16.2. The molecule has 1 aromatic rings. The Kier molecular flexibility index (Phi) is 6.23. The molecule has 1 aliphatic heterocycles. The van der Waals surface area contributed by atoms with Crippen molar-refractivity contribution in [3.8, 4) is 0 Å². The van der Waals surface area contributed by atoms with E-state index in [1.807, 2.05) is 27.7 Å². The van der Waals surface area contributed by atoms with E-state index in [1.165, 1.54) is 0 Å². The van der Waals surface area contributed by atoms with Crippen LogP contribution in [0.1, 0.15) is 38.1 Å². The highest BCUT2D eigenvalue weighted by molar-refractivity contribution is 5.98. The number of nitrogens with one attached hydrogen (secondary N) is 2. The smallest absolute Gasteiger partial charge is 0.317 e. The molecule has 2 rings (SSSR count). The lowest BCUT2D eigenvalue weighted by Gasteiger charge is -2.34. The Labute approximate surface area is 154 Å². The van der Waals surface area contributed by atoms with Crippen LogP contribution in [0.2, 0.25) is 0 Å². The van der Waals surface area contributed by atoms with Gasteiger partial charge in [0, 0.05) is 49.4 Å². The fourth-order valence-electron chi connectivity index (χ4n) is 2.61. The maximum Gasteiger partial charge on any atom is 0.317 e. The molecule has 7 nitrogen and oxygen atoms in total. The van der Waals surface area contributed by atoms with E-state index in [4.69, 9.17) is 0 Å². The van der Waals surface area contributed by atoms with Gasteiger partial charge >= 0.3 is 6.03 Å². The Morgan fingerprint density at radius 2 is 1.65 bits per heavy atom. The number of nitrogens with zero attached hydrogens (tertiary/aromatic N) is 2. The van der Waals surface area contributed by atoms with Crippen molar-refractivity contribution in [1.29, 1.82) is 0 Å². The number of amides is 4.